The van der Waals surface area contributed by atoms with Crippen LogP contribution in [0.3, 0.4) is 0 Å². The van der Waals surface area contributed by atoms with Crippen molar-refractivity contribution in [3.8, 4) is 11.5 Å². The van der Waals surface area contributed by atoms with Gasteiger partial charge in [0.1, 0.15) is 6.61 Å². The average Bonchev–Trinajstić information content (AvgIpc) is 3.30. The zero-order valence-corrected chi connectivity index (χ0v) is 29.2. The summed E-state index contributed by atoms with van der Waals surface area (Å²) in [5, 5.41) is 0. The van der Waals surface area contributed by atoms with Crippen LogP contribution in [0, 0.1) is 20.8 Å². The van der Waals surface area contributed by atoms with E-state index in [1.807, 2.05) is 75.6 Å². The van der Waals surface area contributed by atoms with Gasteiger partial charge in [-0.1, -0.05) is 47.2 Å². The predicted octanol–water partition coefficient (Wildman–Crippen LogP) is 6.81. The van der Waals surface area contributed by atoms with Gasteiger partial charge in [0, 0.05) is 4.90 Å². The van der Waals surface area contributed by atoms with Gasteiger partial charge in [0.05, 0.1) is 34.6 Å². The van der Waals surface area contributed by atoms with Crippen molar-refractivity contribution in [1.82, 2.24) is 4.57 Å². The van der Waals surface area contributed by atoms with Crippen molar-refractivity contribution in [2.45, 2.75) is 72.1 Å². The molecule has 1 atom stereocenters. The number of carbonyl (C=O) groups excluding carboxylic acids is 1. The highest BCUT2D eigenvalue weighted by molar-refractivity contribution is 7.98. The van der Waals surface area contributed by atoms with Crippen LogP contribution < -0.4 is 24.4 Å². The molecule has 0 aliphatic carbocycles. The molecule has 0 radical (unpaired) electrons. The van der Waals surface area contributed by atoms with Crippen molar-refractivity contribution in [2.75, 3.05) is 12.9 Å². The Morgan fingerprint density at radius 3 is 2.33 bits per heavy atom. The molecule has 1 aliphatic heterocycles. The maximum Gasteiger partial charge on any atom is 0.338 e. The van der Waals surface area contributed by atoms with Crippen LogP contribution in [0.15, 0.2) is 80.5 Å². The molecular formula is C37H40N2O5S2. The van der Waals surface area contributed by atoms with E-state index in [0.29, 0.717) is 45.3 Å². The van der Waals surface area contributed by atoms with Crippen LogP contribution in [0.4, 0.5) is 0 Å². The molecule has 0 fully saturated rings. The molecule has 0 N–H and O–H groups in total. The second kappa shape index (κ2) is 14.1. The summed E-state index contributed by atoms with van der Waals surface area (Å²) in [6, 6.07) is 17.3. The number of rotatable bonds is 10. The van der Waals surface area contributed by atoms with Gasteiger partial charge in [0.15, 0.2) is 16.3 Å². The molecule has 0 saturated heterocycles. The van der Waals surface area contributed by atoms with E-state index in [0.717, 1.165) is 21.6 Å². The molecule has 0 amide bonds. The number of carbonyl (C=O) groups is 1. The summed E-state index contributed by atoms with van der Waals surface area (Å²) >= 11 is 2.93. The lowest BCUT2D eigenvalue weighted by molar-refractivity contribution is -0.143. The third-order valence-corrected chi connectivity index (χ3v) is 9.52. The predicted molar refractivity (Wildman–Crippen MR) is 186 cm³/mol. The maximum atomic E-state index is 14.1. The number of esters is 1. The van der Waals surface area contributed by atoms with Crippen LogP contribution >= 0.6 is 23.1 Å². The van der Waals surface area contributed by atoms with E-state index in [-0.39, 0.29) is 11.7 Å². The van der Waals surface area contributed by atoms with Gasteiger partial charge in [-0.3, -0.25) is 9.36 Å². The number of benzene rings is 3. The Labute approximate surface area is 278 Å². The summed E-state index contributed by atoms with van der Waals surface area (Å²) in [5.41, 5.74) is 7.05. The Balaban J connectivity index is 1.55. The topological polar surface area (TPSA) is 79.1 Å². The van der Waals surface area contributed by atoms with Gasteiger partial charge in [-0.15, -0.1) is 11.8 Å². The molecule has 0 unspecified atom stereocenters. The first-order valence-corrected chi connectivity index (χ1v) is 17.4. The van der Waals surface area contributed by atoms with E-state index in [1.54, 1.807) is 23.3 Å². The number of allylic oxidation sites excluding steroid dienone is 1. The van der Waals surface area contributed by atoms with E-state index < -0.39 is 12.0 Å². The van der Waals surface area contributed by atoms with Gasteiger partial charge < -0.3 is 14.2 Å². The van der Waals surface area contributed by atoms with Gasteiger partial charge in [-0.2, -0.15) is 0 Å². The van der Waals surface area contributed by atoms with E-state index >= 15 is 0 Å². The van der Waals surface area contributed by atoms with Gasteiger partial charge in [0.25, 0.3) is 5.56 Å². The molecule has 9 heteroatoms. The molecule has 0 spiro atoms. The molecule has 0 bridgehead atoms. The molecule has 240 valence electrons. The number of fused-ring (bicyclic) bond motifs is 1. The third kappa shape index (κ3) is 7.00. The Morgan fingerprint density at radius 1 is 1.00 bits per heavy atom. The highest BCUT2D eigenvalue weighted by Crippen LogP contribution is 2.33. The molecule has 5 rings (SSSR count). The lowest BCUT2D eigenvalue weighted by atomic mass is 9.96. The highest BCUT2D eigenvalue weighted by atomic mass is 32.2. The monoisotopic (exact) mass is 656 g/mol. The van der Waals surface area contributed by atoms with Gasteiger partial charge in [0.2, 0.25) is 0 Å². The third-order valence-electron chi connectivity index (χ3n) is 7.79. The second-order valence-corrected chi connectivity index (χ2v) is 13.5. The summed E-state index contributed by atoms with van der Waals surface area (Å²) in [7, 11) is 0. The van der Waals surface area contributed by atoms with Crippen LogP contribution in [0.2, 0.25) is 0 Å². The fraction of sp³-hybridized carbons (Fsp3) is 0.324. The van der Waals surface area contributed by atoms with Crippen molar-refractivity contribution in [3.05, 3.63) is 119 Å². The number of hydrogen-bond donors (Lipinski definition) is 0. The van der Waals surface area contributed by atoms with E-state index in [4.69, 9.17) is 19.2 Å². The summed E-state index contributed by atoms with van der Waals surface area (Å²) in [6.07, 6.45) is 3.53. The van der Waals surface area contributed by atoms with Crippen molar-refractivity contribution < 1.29 is 19.0 Å². The molecule has 4 aromatic rings. The minimum Gasteiger partial charge on any atom is -0.490 e. The minimum absolute atomic E-state index is 0.228. The first-order chi connectivity index (χ1) is 22.0. The Morgan fingerprint density at radius 2 is 1.70 bits per heavy atom. The number of thioether (sulfide) groups is 1. The average molecular weight is 657 g/mol. The molecule has 3 aromatic carbocycles. The molecule has 7 nitrogen and oxygen atoms in total. The molecular weight excluding hydrogens is 617 g/mol. The van der Waals surface area contributed by atoms with Gasteiger partial charge in [-0.05, 0) is 113 Å². The van der Waals surface area contributed by atoms with E-state index in [9.17, 15) is 9.59 Å². The fourth-order valence-electron chi connectivity index (χ4n) is 5.70. The van der Waals surface area contributed by atoms with Crippen molar-refractivity contribution in [1.29, 1.82) is 0 Å². The fourth-order valence-corrected chi connectivity index (χ4v) is 7.16. The molecule has 1 aromatic heterocycles. The zero-order valence-electron chi connectivity index (χ0n) is 27.6. The van der Waals surface area contributed by atoms with Gasteiger partial charge in [-0.25, -0.2) is 9.79 Å². The van der Waals surface area contributed by atoms with Crippen molar-refractivity contribution in [3.63, 3.8) is 0 Å². The molecule has 1 aliphatic rings. The maximum absolute atomic E-state index is 14.1. The van der Waals surface area contributed by atoms with Crippen LogP contribution in [-0.4, -0.2) is 29.5 Å². The molecule has 0 saturated carbocycles. The normalized spacial score (nSPS) is 14.7. The number of thiazole rings is 1. The highest BCUT2D eigenvalue weighted by Gasteiger charge is 2.33. The minimum atomic E-state index is -0.663. The number of nitrogens with zero attached hydrogens (tertiary/aromatic N) is 2. The van der Waals surface area contributed by atoms with Crippen LogP contribution in [0.5, 0.6) is 11.5 Å². The summed E-state index contributed by atoms with van der Waals surface area (Å²) < 4.78 is 20.0. The van der Waals surface area contributed by atoms with Crippen LogP contribution in [0.25, 0.3) is 6.08 Å². The molecule has 2 heterocycles. The summed E-state index contributed by atoms with van der Waals surface area (Å²) in [5.74, 6) is 0.766. The zero-order chi connectivity index (χ0) is 33.1. The first-order valence-electron chi connectivity index (χ1n) is 15.3. The van der Waals surface area contributed by atoms with E-state index in [2.05, 4.69) is 32.9 Å². The largest absolute Gasteiger partial charge is 0.490 e. The first kappa shape index (κ1) is 33.3. The smallest absolute Gasteiger partial charge is 0.338 e. The van der Waals surface area contributed by atoms with E-state index in [1.165, 1.54) is 28.0 Å². The van der Waals surface area contributed by atoms with Gasteiger partial charge >= 0.3 is 5.97 Å². The number of aryl methyl sites for hydroxylation is 3. The number of hydrogen-bond acceptors (Lipinski definition) is 8. The standard InChI is InChI=1S/C37H40N2O5S2/c1-9-42-31-18-26(10-15-30(31)43-20-29-23(5)16-22(4)17-24(29)6)19-32-35(40)39-34(27-11-13-28(45-8)14-12-27)33(36(41)44-21(2)3)25(7)38-37(39)46-32/h10-19,21,34H,9,20H2,1-8H3/b32-19-/t34-/m0/s1. The summed E-state index contributed by atoms with van der Waals surface area (Å²) in [4.78, 5) is 33.8. The van der Waals surface area contributed by atoms with Crippen LogP contribution in [-0.2, 0) is 16.1 Å². The second-order valence-electron chi connectivity index (χ2n) is 11.6. The SMILES string of the molecule is CCOc1cc(/C=c2\sc3n(c2=O)[C@@H](c2ccc(SC)cc2)C(C(=O)OC(C)C)=C(C)N=3)ccc1OCc1c(C)cc(C)cc1C. The van der Waals surface area contributed by atoms with Crippen molar-refractivity contribution in [2.24, 2.45) is 4.99 Å². The quantitative estimate of drug-likeness (QED) is 0.138. The Hall–Kier alpha value is -4.08. The summed E-state index contributed by atoms with van der Waals surface area (Å²) in [6.45, 7) is 14.5. The lowest BCUT2D eigenvalue weighted by Gasteiger charge is -2.25. The number of aromatic nitrogens is 1. The molecule has 46 heavy (non-hydrogen) atoms. The lowest BCUT2D eigenvalue weighted by Crippen LogP contribution is -2.40. The Kier molecular flexibility index (Phi) is 10.2. The Bertz CT molecular complexity index is 1960. The number of ether oxygens (including phenoxy) is 3. The van der Waals surface area contributed by atoms with Crippen molar-refractivity contribution >= 4 is 35.1 Å². The van der Waals surface area contributed by atoms with Crippen LogP contribution in [0.1, 0.15) is 67.1 Å².